The predicted octanol–water partition coefficient (Wildman–Crippen LogP) is 4.09. The van der Waals surface area contributed by atoms with Crippen molar-refractivity contribution < 1.29 is 43.3 Å². The van der Waals surface area contributed by atoms with Gasteiger partial charge in [-0.15, -0.1) is 0 Å². The fourth-order valence-corrected chi connectivity index (χ4v) is 4.69. The fourth-order valence-electron chi connectivity index (χ4n) is 4.69. The smallest absolute Gasteiger partial charge is 0.337 e. The second-order valence-corrected chi connectivity index (χ2v) is 10.3. The number of rotatable bonds is 16. The number of nitrogens with zero attached hydrogens (tertiary/aromatic N) is 2. The van der Waals surface area contributed by atoms with Crippen molar-refractivity contribution in [2.75, 3.05) is 26.9 Å². The van der Waals surface area contributed by atoms with Crippen LogP contribution in [0.4, 0.5) is 10.5 Å². The van der Waals surface area contributed by atoms with E-state index in [2.05, 4.69) is 21.2 Å². The van der Waals surface area contributed by atoms with Crippen LogP contribution in [-0.2, 0) is 16.1 Å². The number of allylic oxidation sites excluding steroid dienone is 1. The number of amides is 2. The normalized spacial score (nSPS) is 14.9. The van der Waals surface area contributed by atoms with Gasteiger partial charge in [-0.2, -0.15) is 5.10 Å². The van der Waals surface area contributed by atoms with Crippen molar-refractivity contribution in [2.24, 2.45) is 5.10 Å². The highest BCUT2D eigenvalue weighted by atomic mass is 16.6. The first-order valence-electron chi connectivity index (χ1n) is 15.0. The van der Waals surface area contributed by atoms with E-state index in [1.165, 1.54) is 25.5 Å². The molecule has 2 amide bonds. The van der Waals surface area contributed by atoms with Crippen LogP contribution in [0.25, 0.3) is 0 Å². The number of hydrogen-bond donors (Lipinski definition) is 4. The molecule has 15 heteroatoms. The lowest BCUT2D eigenvalue weighted by Gasteiger charge is -2.28. The molecule has 15 nitrogen and oxygen atoms in total. The summed E-state index contributed by atoms with van der Waals surface area (Å²) in [4.78, 5) is 35.0. The van der Waals surface area contributed by atoms with E-state index in [4.69, 9.17) is 23.7 Å². The van der Waals surface area contributed by atoms with Crippen LogP contribution in [0.5, 0.6) is 23.0 Å². The Balaban J connectivity index is 1.36. The van der Waals surface area contributed by atoms with Crippen molar-refractivity contribution in [3.8, 4) is 23.0 Å². The molecule has 0 saturated heterocycles. The Labute approximate surface area is 276 Å². The Morgan fingerprint density at radius 1 is 1.00 bits per heavy atom. The molecular formula is C33H37N5O10. The van der Waals surface area contributed by atoms with Crippen LogP contribution in [0.15, 0.2) is 77.0 Å². The summed E-state index contributed by atoms with van der Waals surface area (Å²) in [6.07, 6.45) is 0.305. The monoisotopic (exact) mass is 663 g/mol. The molecule has 4 rings (SSSR count). The van der Waals surface area contributed by atoms with Gasteiger partial charge < -0.3 is 39.4 Å². The Morgan fingerprint density at radius 2 is 1.67 bits per heavy atom. The van der Waals surface area contributed by atoms with Gasteiger partial charge in [-0.3, -0.25) is 15.5 Å². The van der Waals surface area contributed by atoms with Crippen molar-refractivity contribution in [1.29, 1.82) is 0 Å². The Morgan fingerprint density at radius 3 is 2.33 bits per heavy atom. The minimum atomic E-state index is -1.19. The molecule has 1 aliphatic rings. The van der Waals surface area contributed by atoms with E-state index >= 15 is 0 Å². The number of esters is 1. The number of aliphatic hydroxyl groups is 1. The van der Waals surface area contributed by atoms with E-state index in [0.717, 1.165) is 5.56 Å². The molecule has 0 aromatic heterocycles. The number of methoxy groups -OCH3 is 1. The van der Waals surface area contributed by atoms with Crippen LogP contribution in [0.2, 0.25) is 0 Å². The maximum absolute atomic E-state index is 12.5. The minimum absolute atomic E-state index is 0.00154. The summed E-state index contributed by atoms with van der Waals surface area (Å²) in [6.45, 7) is 5.96. The molecule has 0 aliphatic carbocycles. The molecule has 3 aromatic carbocycles. The Kier molecular flexibility index (Phi) is 12.2. The Bertz CT molecular complexity index is 1680. The number of nitrogens with one attached hydrogen (secondary N) is 3. The summed E-state index contributed by atoms with van der Waals surface area (Å²) in [5.41, 5.74) is 5.22. The molecule has 3 aromatic rings. The van der Waals surface area contributed by atoms with E-state index < -0.39 is 29.2 Å². The Hall–Kier alpha value is -5.83. The third-order valence-corrected chi connectivity index (χ3v) is 6.92. The zero-order valence-electron chi connectivity index (χ0n) is 26.8. The zero-order chi connectivity index (χ0) is 34.6. The molecule has 48 heavy (non-hydrogen) atoms. The summed E-state index contributed by atoms with van der Waals surface area (Å²) in [6, 6.07) is 15.0. The maximum atomic E-state index is 12.5. The number of carbonyl (C=O) groups excluding carboxylic acids is 2. The molecule has 0 saturated carbocycles. The van der Waals surface area contributed by atoms with Crippen molar-refractivity contribution in [3.05, 3.63) is 98.7 Å². The van der Waals surface area contributed by atoms with Gasteiger partial charge in [-0.05, 0) is 79.9 Å². The number of hydrazone groups is 1. The second kappa shape index (κ2) is 16.6. The highest BCUT2D eigenvalue weighted by molar-refractivity contribution is 5.95. The number of carbonyl (C=O) groups is 2. The van der Waals surface area contributed by atoms with Crippen LogP contribution in [0.1, 0.15) is 43.5 Å². The van der Waals surface area contributed by atoms with E-state index in [9.17, 15) is 24.8 Å². The molecule has 254 valence electrons. The molecule has 0 fully saturated rings. The van der Waals surface area contributed by atoms with Crippen LogP contribution in [0.3, 0.4) is 0 Å². The number of hydrogen-bond acceptors (Lipinski definition) is 12. The van der Waals surface area contributed by atoms with Gasteiger partial charge in [0.25, 0.3) is 5.69 Å². The van der Waals surface area contributed by atoms with E-state index in [-0.39, 0.29) is 24.5 Å². The molecule has 1 heterocycles. The highest BCUT2D eigenvalue weighted by Gasteiger charge is 2.32. The topological polar surface area (TPSA) is 192 Å². The average Bonchev–Trinajstić information content (AvgIpc) is 3.07. The number of nitro groups is 1. The number of urea groups is 1. The van der Waals surface area contributed by atoms with E-state index in [0.29, 0.717) is 53.0 Å². The predicted molar refractivity (Wildman–Crippen MR) is 174 cm³/mol. The summed E-state index contributed by atoms with van der Waals surface area (Å²) in [5.74, 6) is 1.06. The second-order valence-electron chi connectivity index (χ2n) is 10.3. The highest BCUT2D eigenvalue weighted by Crippen LogP contribution is 2.35. The first-order chi connectivity index (χ1) is 23.1. The first-order valence-corrected chi connectivity index (χ1v) is 15.0. The maximum Gasteiger partial charge on any atom is 0.337 e. The molecular weight excluding hydrogens is 626 g/mol. The molecule has 1 aliphatic heterocycles. The van der Waals surface area contributed by atoms with Gasteiger partial charge >= 0.3 is 12.0 Å². The SMILES string of the molecule is CCOc1cc(/C=N\N[C@H](O)COc2ccc([C@@H]3NC(=O)NC(C)=C3C(=O)OC)cc2OCC)ccc1OCc1ccc([N+](=O)[O-])cc1. The van der Waals surface area contributed by atoms with Crippen LogP contribution >= 0.6 is 0 Å². The van der Waals surface area contributed by atoms with Crippen molar-refractivity contribution >= 4 is 23.9 Å². The quantitative estimate of drug-likeness (QED) is 0.0567. The van der Waals surface area contributed by atoms with Crippen molar-refractivity contribution in [1.82, 2.24) is 16.1 Å². The number of ether oxygens (including phenoxy) is 5. The van der Waals surface area contributed by atoms with Gasteiger partial charge in [0, 0.05) is 17.8 Å². The van der Waals surface area contributed by atoms with Crippen LogP contribution in [0, 0.1) is 10.1 Å². The standard InChI is InChI=1S/C33H37N5O10/c1-5-45-27-15-22(9-13-25(27)47-18-21-7-11-24(12-8-21)38(42)43)17-34-37-29(39)19-48-26-14-10-23(16-28(26)46-6-2)31-30(32(40)44-4)20(3)35-33(41)36-31/h7-17,29,31,37,39H,5-6,18-19H2,1-4H3,(H2,35,36,41)/b34-17-/t29-,31+/m1/s1. The first kappa shape index (κ1) is 35.0. The number of benzene rings is 3. The summed E-state index contributed by atoms with van der Waals surface area (Å²) in [7, 11) is 1.26. The van der Waals surface area contributed by atoms with Crippen LogP contribution in [-0.4, -0.2) is 61.4 Å². The summed E-state index contributed by atoms with van der Waals surface area (Å²) < 4.78 is 28.1. The van der Waals surface area contributed by atoms with Gasteiger partial charge in [-0.1, -0.05) is 6.07 Å². The minimum Gasteiger partial charge on any atom is -0.490 e. The molecule has 4 N–H and O–H groups in total. The number of non-ortho nitro benzene ring substituents is 1. The average molecular weight is 664 g/mol. The van der Waals surface area contributed by atoms with Gasteiger partial charge in [0.05, 0.1) is 43.1 Å². The van der Waals surface area contributed by atoms with Crippen LogP contribution < -0.4 is 35.0 Å². The van der Waals surface area contributed by atoms with Gasteiger partial charge in [0.15, 0.2) is 29.2 Å². The summed E-state index contributed by atoms with van der Waals surface area (Å²) in [5, 5.41) is 30.8. The third kappa shape index (κ3) is 9.13. The largest absolute Gasteiger partial charge is 0.490 e. The lowest BCUT2D eigenvalue weighted by atomic mass is 9.95. The lowest BCUT2D eigenvalue weighted by Crippen LogP contribution is -2.45. The fraction of sp³-hybridized carbons (Fsp3) is 0.303. The third-order valence-electron chi connectivity index (χ3n) is 6.92. The molecule has 0 bridgehead atoms. The number of nitro benzene ring substituents is 1. The van der Waals surface area contributed by atoms with E-state index in [1.807, 2.05) is 6.92 Å². The number of aliphatic hydroxyl groups excluding tert-OH is 1. The van der Waals surface area contributed by atoms with E-state index in [1.54, 1.807) is 62.4 Å². The molecule has 2 atom stereocenters. The molecule has 0 spiro atoms. The molecule has 0 radical (unpaired) electrons. The van der Waals surface area contributed by atoms with Gasteiger partial charge in [-0.25, -0.2) is 9.59 Å². The van der Waals surface area contributed by atoms with Gasteiger partial charge in [0.2, 0.25) is 0 Å². The lowest BCUT2D eigenvalue weighted by molar-refractivity contribution is -0.384. The van der Waals surface area contributed by atoms with Crippen molar-refractivity contribution in [3.63, 3.8) is 0 Å². The summed E-state index contributed by atoms with van der Waals surface area (Å²) >= 11 is 0. The van der Waals surface area contributed by atoms with Crippen molar-refractivity contribution in [2.45, 2.75) is 39.6 Å². The molecule has 0 unspecified atom stereocenters. The zero-order valence-corrected chi connectivity index (χ0v) is 26.8. The van der Waals surface area contributed by atoms with Gasteiger partial charge in [0.1, 0.15) is 13.2 Å².